The van der Waals surface area contributed by atoms with Crippen LogP contribution in [0.3, 0.4) is 0 Å². The Morgan fingerprint density at radius 1 is 1.32 bits per heavy atom. The number of ether oxygens (including phenoxy) is 2. The van der Waals surface area contributed by atoms with Crippen LogP contribution < -0.4 is 14.8 Å². The van der Waals surface area contributed by atoms with Crippen molar-refractivity contribution in [3.8, 4) is 11.5 Å². The third-order valence-electron chi connectivity index (χ3n) is 2.86. The van der Waals surface area contributed by atoms with Crippen LogP contribution in [0.25, 0.3) is 0 Å². The minimum atomic E-state index is 0.559. The van der Waals surface area contributed by atoms with Gasteiger partial charge in [-0.3, -0.25) is 0 Å². The van der Waals surface area contributed by atoms with E-state index in [1.165, 1.54) is 0 Å². The van der Waals surface area contributed by atoms with Crippen LogP contribution in [0.1, 0.15) is 11.5 Å². The molecule has 3 rings (SSSR count). The summed E-state index contributed by atoms with van der Waals surface area (Å²) in [6, 6.07) is 3.64. The van der Waals surface area contributed by atoms with Crippen LogP contribution >= 0.6 is 11.6 Å². The van der Waals surface area contributed by atoms with Crippen LogP contribution in [0.5, 0.6) is 11.5 Å². The molecule has 5 nitrogen and oxygen atoms in total. The SMILES string of the molecule is Cc1ncc(CNc2cc3c(cc2Cl)OCCO3)[nH]1. The molecule has 2 aromatic rings. The van der Waals surface area contributed by atoms with Crippen LogP contribution in [0.2, 0.25) is 5.02 Å². The molecule has 0 unspecified atom stereocenters. The highest BCUT2D eigenvalue weighted by Gasteiger charge is 2.15. The zero-order chi connectivity index (χ0) is 13.2. The van der Waals surface area contributed by atoms with E-state index in [0.29, 0.717) is 30.5 Å². The minimum Gasteiger partial charge on any atom is -0.486 e. The molecule has 2 heterocycles. The lowest BCUT2D eigenvalue weighted by Gasteiger charge is -2.20. The Balaban J connectivity index is 1.77. The number of hydrogen-bond donors (Lipinski definition) is 2. The number of anilines is 1. The first-order chi connectivity index (χ1) is 9.22. The van der Waals surface area contributed by atoms with E-state index in [0.717, 1.165) is 23.0 Å². The molecule has 1 aromatic heterocycles. The summed E-state index contributed by atoms with van der Waals surface area (Å²) in [6.07, 6.45) is 1.80. The molecule has 19 heavy (non-hydrogen) atoms. The van der Waals surface area contributed by atoms with E-state index >= 15 is 0 Å². The molecule has 1 aromatic carbocycles. The van der Waals surface area contributed by atoms with Crippen molar-refractivity contribution in [3.05, 3.63) is 34.9 Å². The van der Waals surface area contributed by atoms with E-state index in [1.54, 1.807) is 12.3 Å². The first-order valence-corrected chi connectivity index (χ1v) is 6.43. The summed E-state index contributed by atoms with van der Waals surface area (Å²) in [5, 5.41) is 3.87. The molecule has 0 atom stereocenters. The Kier molecular flexibility index (Phi) is 3.21. The fraction of sp³-hybridized carbons (Fsp3) is 0.308. The Bertz CT molecular complexity index is 598. The number of halogens is 1. The number of imidazole rings is 1. The van der Waals surface area contributed by atoms with E-state index in [9.17, 15) is 0 Å². The van der Waals surface area contributed by atoms with Gasteiger partial charge in [-0.1, -0.05) is 11.6 Å². The maximum absolute atomic E-state index is 6.21. The molecule has 0 saturated heterocycles. The predicted octanol–water partition coefficient (Wildman–Crippen LogP) is 2.75. The highest BCUT2D eigenvalue weighted by atomic mass is 35.5. The number of benzene rings is 1. The number of hydrogen-bond acceptors (Lipinski definition) is 4. The van der Waals surface area contributed by atoms with Crippen molar-refractivity contribution in [2.75, 3.05) is 18.5 Å². The van der Waals surface area contributed by atoms with Gasteiger partial charge < -0.3 is 19.8 Å². The largest absolute Gasteiger partial charge is 0.486 e. The number of aryl methyl sites for hydroxylation is 1. The van der Waals surface area contributed by atoms with E-state index in [2.05, 4.69) is 15.3 Å². The average molecular weight is 280 g/mol. The lowest BCUT2D eigenvalue weighted by molar-refractivity contribution is 0.171. The highest BCUT2D eigenvalue weighted by Crippen LogP contribution is 2.38. The maximum atomic E-state index is 6.21. The molecular formula is C13H14ClN3O2. The summed E-state index contributed by atoms with van der Waals surface area (Å²) in [4.78, 5) is 7.30. The molecule has 0 fully saturated rings. The van der Waals surface area contributed by atoms with Gasteiger partial charge in [0.25, 0.3) is 0 Å². The molecule has 2 N–H and O–H groups in total. The predicted molar refractivity (Wildman–Crippen MR) is 73.1 cm³/mol. The molecule has 0 aliphatic carbocycles. The highest BCUT2D eigenvalue weighted by molar-refractivity contribution is 6.33. The van der Waals surface area contributed by atoms with Gasteiger partial charge in [0.05, 0.1) is 29.1 Å². The number of nitrogens with one attached hydrogen (secondary N) is 2. The van der Waals surface area contributed by atoms with Crippen LogP contribution in [0.15, 0.2) is 18.3 Å². The molecule has 0 saturated carbocycles. The Labute approximate surface area is 115 Å². The number of nitrogens with zero attached hydrogens (tertiary/aromatic N) is 1. The molecule has 0 spiro atoms. The van der Waals surface area contributed by atoms with Crippen molar-refractivity contribution in [2.45, 2.75) is 13.5 Å². The van der Waals surface area contributed by atoms with Gasteiger partial charge in [0.15, 0.2) is 11.5 Å². The van der Waals surface area contributed by atoms with Crippen molar-refractivity contribution < 1.29 is 9.47 Å². The smallest absolute Gasteiger partial charge is 0.163 e. The second-order valence-corrected chi connectivity index (χ2v) is 4.73. The van der Waals surface area contributed by atoms with E-state index in [4.69, 9.17) is 21.1 Å². The van der Waals surface area contributed by atoms with Crippen LogP contribution in [-0.4, -0.2) is 23.2 Å². The molecular weight excluding hydrogens is 266 g/mol. The fourth-order valence-electron chi connectivity index (χ4n) is 1.95. The molecule has 6 heteroatoms. The molecule has 0 amide bonds. The van der Waals surface area contributed by atoms with Gasteiger partial charge in [-0.15, -0.1) is 0 Å². The van der Waals surface area contributed by atoms with E-state index < -0.39 is 0 Å². The first kappa shape index (κ1) is 12.2. The fourth-order valence-corrected chi connectivity index (χ4v) is 2.17. The Morgan fingerprint density at radius 3 is 2.74 bits per heavy atom. The van der Waals surface area contributed by atoms with Crippen LogP contribution in [0, 0.1) is 6.92 Å². The zero-order valence-corrected chi connectivity index (χ0v) is 11.3. The van der Waals surface area contributed by atoms with Crippen LogP contribution in [0.4, 0.5) is 5.69 Å². The van der Waals surface area contributed by atoms with Crippen molar-refractivity contribution >= 4 is 17.3 Å². The van der Waals surface area contributed by atoms with Gasteiger partial charge in [0, 0.05) is 12.1 Å². The van der Waals surface area contributed by atoms with Gasteiger partial charge in [0.1, 0.15) is 19.0 Å². The Hall–Kier alpha value is -1.88. The summed E-state index contributed by atoms with van der Waals surface area (Å²) in [5.41, 5.74) is 1.82. The molecule has 100 valence electrons. The third kappa shape index (κ3) is 2.61. The quantitative estimate of drug-likeness (QED) is 0.907. The summed E-state index contributed by atoms with van der Waals surface area (Å²) in [7, 11) is 0. The topological polar surface area (TPSA) is 59.2 Å². The van der Waals surface area contributed by atoms with Crippen LogP contribution in [-0.2, 0) is 6.54 Å². The number of aromatic nitrogens is 2. The number of rotatable bonds is 3. The van der Waals surface area contributed by atoms with Gasteiger partial charge >= 0.3 is 0 Å². The van der Waals surface area contributed by atoms with Gasteiger partial charge in [-0.2, -0.15) is 0 Å². The molecule has 0 bridgehead atoms. The lowest BCUT2D eigenvalue weighted by atomic mass is 10.2. The zero-order valence-electron chi connectivity index (χ0n) is 10.5. The summed E-state index contributed by atoms with van der Waals surface area (Å²) in [5.74, 6) is 2.31. The van der Waals surface area contributed by atoms with Crippen molar-refractivity contribution in [1.82, 2.24) is 9.97 Å². The molecule has 1 aliphatic heterocycles. The number of fused-ring (bicyclic) bond motifs is 1. The molecule has 0 radical (unpaired) electrons. The van der Waals surface area contributed by atoms with Crippen molar-refractivity contribution in [3.63, 3.8) is 0 Å². The number of aromatic amines is 1. The Morgan fingerprint density at radius 2 is 2.05 bits per heavy atom. The first-order valence-electron chi connectivity index (χ1n) is 6.06. The van der Waals surface area contributed by atoms with E-state index in [1.807, 2.05) is 13.0 Å². The third-order valence-corrected chi connectivity index (χ3v) is 3.17. The summed E-state index contributed by atoms with van der Waals surface area (Å²) >= 11 is 6.21. The standard InChI is InChI=1S/C13H14ClN3O2/c1-8-15-6-9(17-8)7-16-11-5-13-12(4-10(11)14)18-2-3-19-13/h4-6,16H,2-3,7H2,1H3,(H,15,17). The number of H-pyrrole nitrogens is 1. The van der Waals surface area contributed by atoms with Gasteiger partial charge in [-0.05, 0) is 6.92 Å². The van der Waals surface area contributed by atoms with E-state index in [-0.39, 0.29) is 0 Å². The second kappa shape index (κ2) is 5.01. The van der Waals surface area contributed by atoms with Crippen molar-refractivity contribution in [2.24, 2.45) is 0 Å². The summed E-state index contributed by atoms with van der Waals surface area (Å²) < 4.78 is 11.0. The molecule has 1 aliphatic rings. The lowest BCUT2D eigenvalue weighted by Crippen LogP contribution is -2.15. The van der Waals surface area contributed by atoms with Gasteiger partial charge in [0.2, 0.25) is 0 Å². The maximum Gasteiger partial charge on any atom is 0.163 e. The normalized spacial score (nSPS) is 13.4. The van der Waals surface area contributed by atoms with Crippen molar-refractivity contribution in [1.29, 1.82) is 0 Å². The average Bonchev–Trinajstić information content (AvgIpc) is 2.82. The van der Waals surface area contributed by atoms with Gasteiger partial charge in [-0.25, -0.2) is 4.98 Å². The monoisotopic (exact) mass is 279 g/mol. The minimum absolute atomic E-state index is 0.559. The summed E-state index contributed by atoms with van der Waals surface area (Å²) in [6.45, 7) is 3.66. The second-order valence-electron chi connectivity index (χ2n) is 4.32.